The predicted molar refractivity (Wildman–Crippen MR) is 113 cm³/mol. The average Bonchev–Trinajstić information content (AvgIpc) is 3.28. The van der Waals surface area contributed by atoms with Gasteiger partial charge in [0.1, 0.15) is 24.6 Å². The predicted octanol–water partition coefficient (Wildman–Crippen LogP) is 1.77. The molecule has 4 atom stereocenters. The Hall–Kier alpha value is -2.37. The van der Waals surface area contributed by atoms with Gasteiger partial charge in [-0.2, -0.15) is 0 Å². The van der Waals surface area contributed by atoms with Crippen molar-refractivity contribution in [3.05, 3.63) is 12.7 Å². The summed E-state index contributed by atoms with van der Waals surface area (Å²) >= 11 is 0. The summed E-state index contributed by atoms with van der Waals surface area (Å²) < 4.78 is 34.0. The maximum absolute atomic E-state index is 15.9. The molecule has 0 amide bonds. The quantitative estimate of drug-likeness (QED) is 0.630. The van der Waals surface area contributed by atoms with Crippen LogP contribution in [0, 0.1) is 0 Å². The number of aromatic nitrogens is 4. The van der Waals surface area contributed by atoms with Crippen LogP contribution in [0.1, 0.15) is 46.3 Å². The van der Waals surface area contributed by atoms with Gasteiger partial charge >= 0.3 is 5.97 Å². The molecule has 0 bridgehead atoms. The Labute approximate surface area is 185 Å². The Bertz CT molecular complexity index is 959. The molecule has 10 nitrogen and oxygen atoms in total. The van der Waals surface area contributed by atoms with E-state index in [4.69, 9.17) is 14.2 Å². The summed E-state index contributed by atoms with van der Waals surface area (Å²) in [7, 11) is 0. The number of hydrogen-bond donors (Lipinski definition) is 1. The van der Waals surface area contributed by atoms with Crippen LogP contribution < -0.4 is 4.90 Å². The minimum atomic E-state index is -2.20. The average molecular weight is 451 g/mol. The molecule has 32 heavy (non-hydrogen) atoms. The molecule has 2 fully saturated rings. The number of carbonyl (C=O) groups is 1. The summed E-state index contributed by atoms with van der Waals surface area (Å²) in [6.07, 6.45) is 2.42. The second kappa shape index (κ2) is 8.87. The third kappa shape index (κ3) is 3.93. The molecule has 4 heterocycles. The number of hydrogen-bond acceptors (Lipinski definition) is 9. The van der Waals surface area contributed by atoms with E-state index in [9.17, 15) is 9.90 Å². The highest BCUT2D eigenvalue weighted by Gasteiger charge is 2.63. The van der Waals surface area contributed by atoms with Gasteiger partial charge in [-0.25, -0.2) is 19.3 Å². The minimum absolute atomic E-state index is 0.244. The number of unbranched alkanes of at least 4 members (excludes halogenated alkanes) is 1. The molecule has 0 aromatic carbocycles. The van der Waals surface area contributed by atoms with Crippen LogP contribution in [0.2, 0.25) is 0 Å². The van der Waals surface area contributed by atoms with E-state index in [0.29, 0.717) is 49.7 Å². The molecule has 2 saturated heterocycles. The molecule has 11 heteroatoms. The number of fused-ring (bicyclic) bond motifs is 1. The smallest absolute Gasteiger partial charge is 0.305 e. The normalized spacial score (nSPS) is 30.7. The fourth-order valence-corrected chi connectivity index (χ4v) is 4.09. The molecule has 176 valence electrons. The van der Waals surface area contributed by atoms with Gasteiger partial charge in [-0.15, -0.1) is 0 Å². The van der Waals surface area contributed by atoms with Crippen molar-refractivity contribution in [2.75, 3.05) is 37.8 Å². The molecule has 0 unspecified atom stereocenters. The highest BCUT2D eigenvalue weighted by atomic mass is 19.1. The van der Waals surface area contributed by atoms with Crippen molar-refractivity contribution >= 4 is 23.0 Å². The van der Waals surface area contributed by atoms with E-state index in [-0.39, 0.29) is 13.0 Å². The Morgan fingerprint density at radius 2 is 2.06 bits per heavy atom. The van der Waals surface area contributed by atoms with Gasteiger partial charge in [-0.1, -0.05) is 13.3 Å². The highest BCUT2D eigenvalue weighted by Crippen LogP contribution is 2.49. The van der Waals surface area contributed by atoms with Gasteiger partial charge in [-0.05, 0) is 20.3 Å². The van der Waals surface area contributed by atoms with Crippen LogP contribution in [-0.4, -0.2) is 80.9 Å². The number of rotatable bonds is 7. The zero-order chi connectivity index (χ0) is 22.9. The van der Waals surface area contributed by atoms with Crippen molar-refractivity contribution in [3.8, 4) is 0 Å². The van der Waals surface area contributed by atoms with Gasteiger partial charge in [0.05, 0.1) is 19.5 Å². The topological polar surface area (TPSA) is 112 Å². The number of morpholine rings is 1. The minimum Gasteiger partial charge on any atom is -0.463 e. The molecule has 0 aliphatic carbocycles. The summed E-state index contributed by atoms with van der Waals surface area (Å²) in [6.45, 7) is 6.86. The van der Waals surface area contributed by atoms with Gasteiger partial charge in [0.25, 0.3) is 0 Å². The molecule has 2 aromatic heterocycles. The third-order valence-corrected chi connectivity index (χ3v) is 6.41. The van der Waals surface area contributed by atoms with Crippen molar-refractivity contribution in [3.63, 3.8) is 0 Å². The summed E-state index contributed by atoms with van der Waals surface area (Å²) in [5.41, 5.74) is -3.19. The second-order valence-corrected chi connectivity index (χ2v) is 8.61. The van der Waals surface area contributed by atoms with Crippen LogP contribution in [-0.2, 0) is 19.0 Å². The first-order valence-corrected chi connectivity index (χ1v) is 11.0. The zero-order valence-electron chi connectivity index (χ0n) is 18.7. The third-order valence-electron chi connectivity index (χ3n) is 6.41. The number of esters is 1. The van der Waals surface area contributed by atoms with E-state index in [1.165, 1.54) is 31.1 Å². The van der Waals surface area contributed by atoms with Crippen LogP contribution in [0.5, 0.6) is 0 Å². The second-order valence-electron chi connectivity index (χ2n) is 8.61. The van der Waals surface area contributed by atoms with Crippen LogP contribution >= 0.6 is 0 Å². The maximum atomic E-state index is 15.9. The molecule has 2 aromatic rings. The lowest BCUT2D eigenvalue weighted by Gasteiger charge is -2.33. The fraction of sp³-hybridized carbons (Fsp3) is 0.714. The van der Waals surface area contributed by atoms with E-state index in [0.717, 1.165) is 6.42 Å². The highest BCUT2D eigenvalue weighted by molar-refractivity contribution is 5.83. The lowest BCUT2D eigenvalue weighted by atomic mass is 9.84. The van der Waals surface area contributed by atoms with Gasteiger partial charge in [0.15, 0.2) is 28.9 Å². The number of nitrogens with zero attached hydrogens (tertiary/aromatic N) is 5. The Morgan fingerprint density at radius 1 is 1.31 bits per heavy atom. The largest absolute Gasteiger partial charge is 0.463 e. The Morgan fingerprint density at radius 3 is 2.78 bits per heavy atom. The summed E-state index contributed by atoms with van der Waals surface area (Å²) in [4.78, 5) is 27.0. The standard InChI is InChI=1S/C21H30FN5O5/c1-4-5-6-15(28)31-11-14-21(3,29)20(2,22)19(32-14)27-13-25-16-17(23-12-24-18(16)27)26-7-9-30-10-8-26/h12-14,19,29H,4-11H2,1-3H3/t14-,19-,20+,21-/m1/s1. The maximum Gasteiger partial charge on any atom is 0.305 e. The van der Waals surface area contributed by atoms with Crippen LogP contribution in [0.3, 0.4) is 0 Å². The molecule has 4 rings (SSSR count). The lowest BCUT2D eigenvalue weighted by Crippen LogP contribution is -2.52. The monoisotopic (exact) mass is 451 g/mol. The number of anilines is 1. The van der Waals surface area contributed by atoms with Crippen molar-refractivity contribution in [2.45, 2.75) is 63.6 Å². The van der Waals surface area contributed by atoms with Gasteiger partial charge in [0.2, 0.25) is 0 Å². The summed E-state index contributed by atoms with van der Waals surface area (Å²) in [5.74, 6) is 0.245. The van der Waals surface area contributed by atoms with Gasteiger partial charge in [0, 0.05) is 19.5 Å². The lowest BCUT2D eigenvalue weighted by molar-refractivity contribution is -0.153. The SMILES string of the molecule is CCCCC(=O)OC[C@H]1O[C@@H](n2cnc3c(N4CCOCC4)ncnc32)[C@](C)(F)[C@]1(C)O. The first-order valence-electron chi connectivity index (χ1n) is 11.0. The molecular formula is C21H30FN5O5. The van der Waals surface area contributed by atoms with Crippen LogP contribution in [0.15, 0.2) is 12.7 Å². The molecule has 2 aliphatic heterocycles. The van der Waals surface area contributed by atoms with Crippen molar-refractivity contribution < 1.29 is 28.5 Å². The van der Waals surface area contributed by atoms with Crippen molar-refractivity contribution in [1.29, 1.82) is 0 Å². The van der Waals surface area contributed by atoms with Gasteiger partial charge < -0.3 is 24.2 Å². The van der Waals surface area contributed by atoms with Crippen LogP contribution in [0.4, 0.5) is 10.2 Å². The first-order chi connectivity index (χ1) is 15.3. The number of halogens is 1. The van der Waals surface area contributed by atoms with E-state index < -0.39 is 29.6 Å². The number of alkyl halides is 1. The van der Waals surface area contributed by atoms with E-state index in [1.807, 2.05) is 11.8 Å². The van der Waals surface area contributed by atoms with Crippen molar-refractivity contribution in [1.82, 2.24) is 19.5 Å². The fourth-order valence-electron chi connectivity index (χ4n) is 4.09. The van der Waals surface area contributed by atoms with Gasteiger partial charge in [-0.3, -0.25) is 9.36 Å². The van der Waals surface area contributed by atoms with Crippen molar-refractivity contribution in [2.24, 2.45) is 0 Å². The number of ether oxygens (including phenoxy) is 3. The molecule has 1 N–H and O–H groups in total. The van der Waals surface area contributed by atoms with Crippen LogP contribution in [0.25, 0.3) is 11.2 Å². The van der Waals surface area contributed by atoms with E-state index in [1.54, 1.807) is 0 Å². The molecular weight excluding hydrogens is 421 g/mol. The number of imidazole rings is 1. The number of carbonyl (C=O) groups excluding carboxylic acids is 1. The van der Waals surface area contributed by atoms with E-state index >= 15 is 4.39 Å². The first kappa shape index (κ1) is 22.8. The molecule has 0 saturated carbocycles. The summed E-state index contributed by atoms with van der Waals surface area (Å²) in [5, 5.41) is 11.0. The Balaban J connectivity index is 1.59. The zero-order valence-corrected chi connectivity index (χ0v) is 18.7. The number of aliphatic hydroxyl groups is 1. The molecule has 2 aliphatic rings. The van der Waals surface area contributed by atoms with E-state index in [2.05, 4.69) is 15.0 Å². The Kier molecular flexibility index (Phi) is 6.33. The molecule has 0 spiro atoms. The molecule has 0 radical (unpaired) electrons. The summed E-state index contributed by atoms with van der Waals surface area (Å²) in [6, 6.07) is 0.